The van der Waals surface area contributed by atoms with Crippen LogP contribution in [0.15, 0.2) is 35.7 Å². The van der Waals surface area contributed by atoms with E-state index in [0.29, 0.717) is 0 Å². The fraction of sp³-hybridized carbons (Fsp3) is 0.542. The van der Waals surface area contributed by atoms with Crippen LogP contribution < -0.4 is 5.32 Å². The standard InChI is InChI=1S/C24H34N2OS/c1-2-3-16-26(18-20-11-6-4-7-12-20)17-10-15-25-24(27)22-19-28-23-14-9-5-8-13-21(22)23/h4,6-7,11-12,19H,2-3,5,8-10,13-18H2,1H3,(H,25,27). The number of hydrogen-bond acceptors (Lipinski definition) is 3. The lowest BCUT2D eigenvalue weighted by Crippen LogP contribution is -2.30. The zero-order valence-electron chi connectivity index (χ0n) is 17.2. The fourth-order valence-electron chi connectivity index (χ4n) is 3.95. The Labute approximate surface area is 174 Å². The van der Waals surface area contributed by atoms with Gasteiger partial charge >= 0.3 is 0 Å². The molecule has 0 saturated carbocycles. The van der Waals surface area contributed by atoms with Gasteiger partial charge in [-0.3, -0.25) is 9.69 Å². The SMILES string of the molecule is CCCCN(CCCNC(=O)c1csc2c1CCCCC2)Cc1ccccc1. The fourth-order valence-corrected chi connectivity index (χ4v) is 5.08. The molecule has 1 aliphatic rings. The van der Waals surface area contributed by atoms with E-state index in [1.54, 1.807) is 11.3 Å². The predicted molar refractivity (Wildman–Crippen MR) is 119 cm³/mol. The third kappa shape index (κ3) is 6.18. The first kappa shape index (κ1) is 21.1. The Hall–Kier alpha value is -1.65. The topological polar surface area (TPSA) is 32.3 Å². The van der Waals surface area contributed by atoms with Crippen LogP contribution >= 0.6 is 11.3 Å². The Bertz CT molecular complexity index is 725. The van der Waals surface area contributed by atoms with Crippen molar-refractivity contribution in [3.8, 4) is 0 Å². The van der Waals surface area contributed by atoms with Crippen molar-refractivity contribution in [2.24, 2.45) is 0 Å². The molecule has 0 radical (unpaired) electrons. The first-order chi connectivity index (χ1) is 13.8. The number of thiophene rings is 1. The van der Waals surface area contributed by atoms with Gasteiger partial charge in [0.25, 0.3) is 5.91 Å². The number of nitrogens with one attached hydrogen (secondary N) is 1. The molecule has 1 aliphatic carbocycles. The Morgan fingerprint density at radius 1 is 1.07 bits per heavy atom. The van der Waals surface area contributed by atoms with E-state index in [-0.39, 0.29) is 5.91 Å². The summed E-state index contributed by atoms with van der Waals surface area (Å²) in [5.41, 5.74) is 3.63. The summed E-state index contributed by atoms with van der Waals surface area (Å²) < 4.78 is 0. The molecule has 1 amide bonds. The lowest BCUT2D eigenvalue weighted by atomic mass is 10.1. The van der Waals surface area contributed by atoms with Gasteiger partial charge < -0.3 is 5.32 Å². The van der Waals surface area contributed by atoms with Crippen molar-refractivity contribution in [3.05, 3.63) is 57.3 Å². The minimum atomic E-state index is 0.127. The molecule has 1 heterocycles. The summed E-state index contributed by atoms with van der Waals surface area (Å²) in [4.78, 5) is 16.6. The van der Waals surface area contributed by atoms with Crippen LogP contribution in [0.3, 0.4) is 0 Å². The Morgan fingerprint density at radius 2 is 1.86 bits per heavy atom. The van der Waals surface area contributed by atoms with Crippen molar-refractivity contribution in [1.82, 2.24) is 10.2 Å². The van der Waals surface area contributed by atoms with Gasteiger partial charge in [-0.05, 0) is 56.2 Å². The number of fused-ring (bicyclic) bond motifs is 1. The second kappa shape index (κ2) is 11.4. The molecule has 0 aliphatic heterocycles. The van der Waals surface area contributed by atoms with Gasteiger partial charge in [-0.2, -0.15) is 0 Å². The summed E-state index contributed by atoms with van der Waals surface area (Å²) in [7, 11) is 0. The van der Waals surface area contributed by atoms with E-state index in [4.69, 9.17) is 0 Å². The molecule has 0 unspecified atom stereocenters. The first-order valence-electron chi connectivity index (χ1n) is 10.9. The van der Waals surface area contributed by atoms with E-state index >= 15 is 0 Å². The van der Waals surface area contributed by atoms with Crippen LogP contribution in [0, 0.1) is 0 Å². The van der Waals surface area contributed by atoms with Crippen molar-refractivity contribution in [1.29, 1.82) is 0 Å². The average molecular weight is 399 g/mol. The Morgan fingerprint density at radius 3 is 2.68 bits per heavy atom. The minimum Gasteiger partial charge on any atom is -0.352 e. The van der Waals surface area contributed by atoms with Crippen LogP contribution in [0.4, 0.5) is 0 Å². The molecular formula is C24H34N2OS. The number of hydrogen-bond donors (Lipinski definition) is 1. The van der Waals surface area contributed by atoms with Crippen LogP contribution in [-0.4, -0.2) is 30.4 Å². The molecule has 0 atom stereocenters. The van der Waals surface area contributed by atoms with E-state index in [0.717, 1.165) is 51.0 Å². The molecule has 3 rings (SSSR count). The van der Waals surface area contributed by atoms with Gasteiger partial charge in [-0.15, -0.1) is 11.3 Å². The average Bonchev–Trinajstić information content (AvgIpc) is 2.98. The van der Waals surface area contributed by atoms with Crippen molar-refractivity contribution in [2.45, 2.75) is 64.8 Å². The molecule has 0 saturated heterocycles. The Kier molecular flexibility index (Phi) is 8.56. The highest BCUT2D eigenvalue weighted by Crippen LogP contribution is 2.29. The molecule has 4 heteroatoms. The normalized spacial score (nSPS) is 13.9. The largest absolute Gasteiger partial charge is 0.352 e. The molecular weight excluding hydrogens is 364 g/mol. The molecule has 0 spiro atoms. The number of nitrogens with zero attached hydrogens (tertiary/aromatic N) is 1. The smallest absolute Gasteiger partial charge is 0.252 e. The maximum Gasteiger partial charge on any atom is 0.252 e. The zero-order valence-corrected chi connectivity index (χ0v) is 18.0. The molecule has 28 heavy (non-hydrogen) atoms. The third-order valence-electron chi connectivity index (χ3n) is 5.57. The molecule has 1 aromatic carbocycles. The molecule has 0 fully saturated rings. The molecule has 1 N–H and O–H groups in total. The number of carbonyl (C=O) groups is 1. The summed E-state index contributed by atoms with van der Waals surface area (Å²) in [5.74, 6) is 0.127. The monoisotopic (exact) mass is 398 g/mol. The van der Waals surface area contributed by atoms with E-state index in [2.05, 4.69) is 52.9 Å². The third-order valence-corrected chi connectivity index (χ3v) is 6.66. The second-order valence-corrected chi connectivity index (χ2v) is 8.80. The lowest BCUT2D eigenvalue weighted by Gasteiger charge is -2.22. The molecule has 0 bridgehead atoms. The highest BCUT2D eigenvalue weighted by molar-refractivity contribution is 7.10. The van der Waals surface area contributed by atoms with Crippen molar-refractivity contribution in [3.63, 3.8) is 0 Å². The summed E-state index contributed by atoms with van der Waals surface area (Å²) in [6, 6.07) is 10.7. The van der Waals surface area contributed by atoms with Gasteiger partial charge in [0.15, 0.2) is 0 Å². The second-order valence-electron chi connectivity index (χ2n) is 7.84. The van der Waals surface area contributed by atoms with Crippen molar-refractivity contribution in [2.75, 3.05) is 19.6 Å². The van der Waals surface area contributed by atoms with Crippen LogP contribution in [0.25, 0.3) is 0 Å². The van der Waals surface area contributed by atoms with E-state index in [9.17, 15) is 4.79 Å². The molecule has 152 valence electrons. The summed E-state index contributed by atoms with van der Waals surface area (Å²) in [6.07, 6.45) is 9.43. The number of aryl methyl sites for hydroxylation is 1. The van der Waals surface area contributed by atoms with E-state index < -0.39 is 0 Å². The molecule has 3 nitrogen and oxygen atoms in total. The predicted octanol–water partition coefficient (Wildman–Crippen LogP) is 5.44. The van der Waals surface area contributed by atoms with Crippen molar-refractivity contribution < 1.29 is 4.79 Å². The first-order valence-corrected chi connectivity index (χ1v) is 11.8. The Balaban J connectivity index is 1.46. The zero-order chi connectivity index (χ0) is 19.6. The highest BCUT2D eigenvalue weighted by atomic mass is 32.1. The maximum atomic E-state index is 12.7. The number of unbranched alkanes of at least 4 members (excludes halogenated alkanes) is 1. The van der Waals surface area contributed by atoms with E-state index in [1.807, 2.05) is 0 Å². The lowest BCUT2D eigenvalue weighted by molar-refractivity contribution is 0.0951. The van der Waals surface area contributed by atoms with Crippen LogP contribution in [0.1, 0.15) is 71.8 Å². The van der Waals surface area contributed by atoms with Crippen molar-refractivity contribution >= 4 is 17.2 Å². The minimum absolute atomic E-state index is 0.127. The summed E-state index contributed by atoms with van der Waals surface area (Å²) in [6.45, 7) is 6.13. The molecule has 2 aromatic rings. The van der Waals surface area contributed by atoms with Crippen LogP contribution in [0.2, 0.25) is 0 Å². The number of benzene rings is 1. The van der Waals surface area contributed by atoms with Gasteiger partial charge in [-0.25, -0.2) is 0 Å². The van der Waals surface area contributed by atoms with Gasteiger partial charge in [0, 0.05) is 29.9 Å². The number of amides is 1. The summed E-state index contributed by atoms with van der Waals surface area (Å²) >= 11 is 1.78. The number of rotatable bonds is 10. The van der Waals surface area contributed by atoms with Gasteiger partial charge in [-0.1, -0.05) is 50.1 Å². The van der Waals surface area contributed by atoms with Gasteiger partial charge in [0.1, 0.15) is 0 Å². The quantitative estimate of drug-likeness (QED) is 0.427. The van der Waals surface area contributed by atoms with E-state index in [1.165, 1.54) is 48.1 Å². The van der Waals surface area contributed by atoms with Crippen LogP contribution in [0.5, 0.6) is 0 Å². The highest BCUT2D eigenvalue weighted by Gasteiger charge is 2.19. The van der Waals surface area contributed by atoms with Gasteiger partial charge in [0.05, 0.1) is 5.56 Å². The maximum absolute atomic E-state index is 12.7. The molecule has 1 aromatic heterocycles. The number of carbonyl (C=O) groups excluding carboxylic acids is 1. The van der Waals surface area contributed by atoms with Crippen LogP contribution in [-0.2, 0) is 19.4 Å². The van der Waals surface area contributed by atoms with Gasteiger partial charge in [0.2, 0.25) is 0 Å². The summed E-state index contributed by atoms with van der Waals surface area (Å²) in [5, 5.41) is 5.25.